The molecule has 5 N–H and O–H groups in total. The molecule has 1 aromatic rings. The Morgan fingerprint density at radius 3 is 2.16 bits per heavy atom. The molecule has 18 nitrogen and oxygen atoms in total. The van der Waals surface area contributed by atoms with E-state index in [1.54, 1.807) is 58.0 Å². The van der Waals surface area contributed by atoms with Crippen LogP contribution in [0, 0.1) is 17.8 Å². The molecule has 0 spiro atoms. The highest BCUT2D eigenvalue weighted by Crippen LogP contribution is 2.26. The van der Waals surface area contributed by atoms with Gasteiger partial charge in [0, 0.05) is 51.6 Å². The molecule has 380 valence electrons. The van der Waals surface area contributed by atoms with Gasteiger partial charge >= 0.3 is 18.0 Å². The van der Waals surface area contributed by atoms with Gasteiger partial charge in [-0.2, -0.15) is 0 Å². The SMILES string of the molecule is C/C=C(\C)[C@H]1OC(=O)[C@@H](C)NC(=O)[C@H](C(C)CC)NC(=O)CN(C)C(=O)[C@@H](Cc2ccccc2)N(C)C(=O)[C@H](C)NC(=O)[C@@H](CC(C)C)OC(=O)/C(C)=C/C[C@H](OC(=O)NCCCCCO)[C@@H]1C. The van der Waals surface area contributed by atoms with Crippen LogP contribution in [0.2, 0.25) is 0 Å². The number of likely N-dealkylation sites (N-methyl/N-ethyl adjacent to an activating group) is 2. The summed E-state index contributed by atoms with van der Waals surface area (Å²) in [4.78, 5) is 113. The van der Waals surface area contributed by atoms with Gasteiger partial charge in [0.05, 0.1) is 6.54 Å². The van der Waals surface area contributed by atoms with Crippen LogP contribution < -0.4 is 21.3 Å². The zero-order valence-corrected chi connectivity index (χ0v) is 42.2. The van der Waals surface area contributed by atoms with Gasteiger partial charge in [0.1, 0.15) is 36.4 Å². The molecule has 9 atom stereocenters. The first kappa shape index (κ1) is 58.3. The predicted octanol–water partition coefficient (Wildman–Crippen LogP) is 4.13. The topological polar surface area (TPSA) is 239 Å². The molecule has 1 unspecified atom stereocenters. The number of amides is 6. The molecule has 18 heteroatoms. The van der Waals surface area contributed by atoms with Crippen LogP contribution in [0.3, 0.4) is 0 Å². The number of nitrogens with one attached hydrogen (secondary N) is 4. The average molecular weight is 955 g/mol. The van der Waals surface area contributed by atoms with Crippen molar-refractivity contribution in [1.82, 2.24) is 31.1 Å². The van der Waals surface area contributed by atoms with Gasteiger partial charge < -0.3 is 50.4 Å². The molecule has 68 heavy (non-hydrogen) atoms. The van der Waals surface area contributed by atoms with Gasteiger partial charge in [-0.1, -0.05) is 83.5 Å². The van der Waals surface area contributed by atoms with Crippen molar-refractivity contribution in [1.29, 1.82) is 0 Å². The fraction of sp³-hybridized carbons (Fsp3) is 0.640. The summed E-state index contributed by atoms with van der Waals surface area (Å²) in [6, 6.07) is 4.33. The van der Waals surface area contributed by atoms with Crippen LogP contribution in [0.5, 0.6) is 0 Å². The number of carbonyl (C=O) groups is 8. The van der Waals surface area contributed by atoms with E-state index in [9.17, 15) is 38.4 Å². The van der Waals surface area contributed by atoms with E-state index in [0.29, 0.717) is 31.3 Å². The van der Waals surface area contributed by atoms with Crippen LogP contribution in [0.15, 0.2) is 53.6 Å². The van der Waals surface area contributed by atoms with E-state index in [2.05, 4.69) is 21.3 Å². The molecular formula is C50H78N6O12. The van der Waals surface area contributed by atoms with E-state index in [4.69, 9.17) is 19.3 Å². The van der Waals surface area contributed by atoms with Gasteiger partial charge in [-0.05, 0) is 83.3 Å². The van der Waals surface area contributed by atoms with Crippen LogP contribution >= 0.6 is 0 Å². The molecule has 1 aliphatic heterocycles. The first-order valence-electron chi connectivity index (χ1n) is 23.8. The number of carbonyl (C=O) groups excluding carboxylic acids is 8. The van der Waals surface area contributed by atoms with Crippen LogP contribution in [0.4, 0.5) is 4.79 Å². The summed E-state index contributed by atoms with van der Waals surface area (Å²) < 4.78 is 17.8. The molecule has 0 fully saturated rings. The Morgan fingerprint density at radius 2 is 1.56 bits per heavy atom. The van der Waals surface area contributed by atoms with Gasteiger partial charge in [-0.15, -0.1) is 0 Å². The Morgan fingerprint density at radius 1 is 0.912 bits per heavy atom. The second-order valence-electron chi connectivity index (χ2n) is 18.3. The van der Waals surface area contributed by atoms with Crippen LogP contribution in [-0.4, -0.2) is 139 Å². The Kier molecular flexibility index (Phi) is 25.0. The number of rotatable bonds is 13. The third kappa shape index (κ3) is 18.7. The summed E-state index contributed by atoms with van der Waals surface area (Å²) in [7, 11) is 2.83. The maximum atomic E-state index is 14.2. The minimum absolute atomic E-state index is 0.0239. The zero-order valence-electron chi connectivity index (χ0n) is 42.2. The number of aliphatic hydroxyl groups is 1. The molecule has 2 rings (SSSR count). The summed E-state index contributed by atoms with van der Waals surface area (Å²) in [5, 5.41) is 19.9. The second-order valence-corrected chi connectivity index (χ2v) is 18.3. The highest BCUT2D eigenvalue weighted by molar-refractivity contribution is 5.96. The van der Waals surface area contributed by atoms with Crippen molar-refractivity contribution in [2.75, 3.05) is 33.8 Å². The molecule has 1 aromatic carbocycles. The lowest BCUT2D eigenvalue weighted by Gasteiger charge is -2.33. The molecule has 0 saturated heterocycles. The lowest BCUT2D eigenvalue weighted by molar-refractivity contribution is -0.155. The fourth-order valence-corrected chi connectivity index (χ4v) is 7.48. The smallest absolute Gasteiger partial charge is 0.407 e. The number of benzene rings is 1. The zero-order chi connectivity index (χ0) is 51.2. The average Bonchev–Trinajstić information content (AvgIpc) is 3.30. The number of unbranched alkanes of at least 4 members (excludes halogenated alkanes) is 2. The Balaban J connectivity index is 2.70. The molecule has 1 heterocycles. The van der Waals surface area contributed by atoms with Crippen molar-refractivity contribution in [3.8, 4) is 0 Å². The third-order valence-electron chi connectivity index (χ3n) is 12.2. The summed E-state index contributed by atoms with van der Waals surface area (Å²) >= 11 is 0. The Bertz CT molecular complexity index is 1920. The number of nitrogens with zero attached hydrogens (tertiary/aromatic N) is 2. The van der Waals surface area contributed by atoms with E-state index >= 15 is 0 Å². The van der Waals surface area contributed by atoms with Crippen LogP contribution in [-0.2, 0) is 54.2 Å². The Labute approximate surface area is 402 Å². The molecule has 0 bridgehead atoms. The number of ether oxygens (including phenoxy) is 3. The highest BCUT2D eigenvalue weighted by Gasteiger charge is 2.37. The van der Waals surface area contributed by atoms with Crippen molar-refractivity contribution in [2.45, 2.75) is 157 Å². The van der Waals surface area contributed by atoms with E-state index in [-0.39, 0.29) is 43.9 Å². The minimum Gasteiger partial charge on any atom is -0.456 e. The minimum atomic E-state index is -1.32. The van der Waals surface area contributed by atoms with Crippen molar-refractivity contribution in [2.24, 2.45) is 17.8 Å². The van der Waals surface area contributed by atoms with Crippen molar-refractivity contribution < 1.29 is 57.7 Å². The normalized spacial score (nSPS) is 26.4. The van der Waals surface area contributed by atoms with Crippen molar-refractivity contribution in [3.05, 3.63) is 59.2 Å². The first-order valence-corrected chi connectivity index (χ1v) is 23.8. The van der Waals surface area contributed by atoms with Gasteiger partial charge in [0.25, 0.3) is 5.91 Å². The number of aliphatic hydroxyl groups excluding tert-OH is 1. The monoisotopic (exact) mass is 955 g/mol. The van der Waals surface area contributed by atoms with Gasteiger partial charge in [-0.3, -0.25) is 24.0 Å². The van der Waals surface area contributed by atoms with E-state index in [1.165, 1.54) is 45.8 Å². The molecular weight excluding hydrogens is 877 g/mol. The van der Waals surface area contributed by atoms with Gasteiger partial charge in [0.2, 0.25) is 23.6 Å². The lowest BCUT2D eigenvalue weighted by atomic mass is 9.90. The summed E-state index contributed by atoms with van der Waals surface area (Å²) in [6.07, 6.45) is 1.61. The predicted molar refractivity (Wildman–Crippen MR) is 256 cm³/mol. The highest BCUT2D eigenvalue weighted by atomic mass is 16.6. The quantitative estimate of drug-likeness (QED) is 0.0812. The summed E-state index contributed by atoms with van der Waals surface area (Å²) in [5.41, 5.74) is 1.41. The van der Waals surface area contributed by atoms with E-state index in [0.717, 1.165) is 10.5 Å². The van der Waals surface area contributed by atoms with Gasteiger partial charge in [-0.25, -0.2) is 14.4 Å². The standard InChI is InChI=1S/C50H78N6O12/c1-13-31(5)42-45(60)53-36(10)49(64)68-43(32(6)14-2)34(8)39(67-50(65)51-25-19-16-20-26-57)24-23-33(7)48(63)66-40(27-30(3)4)44(59)52-35(9)46(61)56(12)38(28-37-21-17-15-18-22-37)47(62)55(11)29-41(58)54-42/h14-15,17-18,21-23,30-31,34-36,38-40,42-43,57H,13,16,19-20,24-29H2,1-12H3,(H,51,65)(H,52,59)(H,53,60)(H,54,58)/b32-14+,33-23+/t31?,34-,35-,36+,38+,39-,40+,42-,43+/m0/s1. The lowest BCUT2D eigenvalue weighted by Crippen LogP contribution is -2.57. The van der Waals surface area contributed by atoms with Crippen LogP contribution in [0.25, 0.3) is 0 Å². The van der Waals surface area contributed by atoms with Gasteiger partial charge in [0.15, 0.2) is 6.10 Å². The third-order valence-corrected chi connectivity index (χ3v) is 12.2. The summed E-state index contributed by atoms with van der Waals surface area (Å²) in [6.45, 7) is 16.7. The molecule has 1 aliphatic rings. The number of cyclic esters (lactones) is 2. The fourth-order valence-electron chi connectivity index (χ4n) is 7.48. The number of esters is 2. The van der Waals surface area contributed by atoms with Crippen LogP contribution in [0.1, 0.15) is 113 Å². The first-order chi connectivity index (χ1) is 32.1. The van der Waals surface area contributed by atoms with E-state index < -0.39 is 108 Å². The maximum Gasteiger partial charge on any atom is 0.407 e. The molecule has 0 aromatic heterocycles. The molecule has 0 saturated carbocycles. The number of allylic oxidation sites excluding steroid dienone is 1. The largest absolute Gasteiger partial charge is 0.456 e. The number of hydrogen-bond donors (Lipinski definition) is 5. The van der Waals surface area contributed by atoms with Crippen molar-refractivity contribution in [3.63, 3.8) is 0 Å². The molecule has 6 amide bonds. The summed E-state index contributed by atoms with van der Waals surface area (Å²) in [5.74, 6) is -6.19. The Hall–Kier alpha value is -5.78. The number of hydrogen-bond acceptors (Lipinski definition) is 12. The molecule has 0 radical (unpaired) electrons. The van der Waals surface area contributed by atoms with Crippen molar-refractivity contribution >= 4 is 47.6 Å². The second kappa shape index (κ2) is 29.2. The maximum absolute atomic E-state index is 14.2. The van der Waals surface area contributed by atoms with E-state index in [1.807, 2.05) is 26.8 Å². The number of alkyl carbamates (subject to hydrolysis) is 1. The molecule has 0 aliphatic carbocycles.